The van der Waals surface area contributed by atoms with Gasteiger partial charge in [-0.1, -0.05) is 32.6 Å². The maximum Gasteiger partial charge on any atom is 0.0771 e. The Bertz CT molecular complexity index is 214. The molecule has 2 nitrogen and oxygen atoms in total. The highest BCUT2D eigenvalue weighted by atomic mass is 32.2. The van der Waals surface area contributed by atoms with E-state index in [4.69, 9.17) is 0 Å². The predicted octanol–water partition coefficient (Wildman–Crippen LogP) is 2.56. The Morgan fingerprint density at radius 1 is 1.25 bits per heavy atom. The van der Waals surface area contributed by atoms with Gasteiger partial charge in [0.15, 0.2) is 0 Å². The van der Waals surface area contributed by atoms with Crippen LogP contribution in [0.1, 0.15) is 51.9 Å². The largest absolute Gasteiger partial charge is 0.389 e. The Morgan fingerprint density at radius 3 is 2.50 bits per heavy atom. The fourth-order valence-electron chi connectivity index (χ4n) is 2.88. The van der Waals surface area contributed by atoms with Crippen LogP contribution in [0.4, 0.5) is 0 Å². The Balaban J connectivity index is 1.78. The van der Waals surface area contributed by atoms with Gasteiger partial charge in [0.1, 0.15) is 0 Å². The smallest absolute Gasteiger partial charge is 0.0771 e. The van der Waals surface area contributed by atoms with Crippen LogP contribution in [0.25, 0.3) is 0 Å². The summed E-state index contributed by atoms with van der Waals surface area (Å²) in [6.45, 7) is 3.11. The molecule has 0 spiro atoms. The molecule has 1 aliphatic heterocycles. The van der Waals surface area contributed by atoms with Crippen molar-refractivity contribution in [1.82, 2.24) is 5.32 Å². The summed E-state index contributed by atoms with van der Waals surface area (Å²) in [5, 5.41) is 14.8. The third kappa shape index (κ3) is 3.38. The first kappa shape index (κ1) is 12.7. The molecule has 94 valence electrons. The maximum absolute atomic E-state index is 10.5. The number of thioether (sulfide) groups is 1. The Labute approximate surface area is 104 Å². The standard InChI is InChI=1S/C13H25NOS/c1-11-12(6-9-16-11)14-10-13(15)7-4-2-3-5-8-13/h11-12,14-15H,2-10H2,1H3. The summed E-state index contributed by atoms with van der Waals surface area (Å²) in [7, 11) is 0. The minimum Gasteiger partial charge on any atom is -0.389 e. The van der Waals surface area contributed by atoms with Crippen LogP contribution >= 0.6 is 11.8 Å². The molecule has 3 heteroatoms. The van der Waals surface area contributed by atoms with Crippen LogP contribution in [-0.4, -0.2) is 34.3 Å². The van der Waals surface area contributed by atoms with Gasteiger partial charge in [0.05, 0.1) is 5.60 Å². The number of hydrogen-bond donors (Lipinski definition) is 2. The van der Waals surface area contributed by atoms with E-state index in [0.29, 0.717) is 6.04 Å². The Morgan fingerprint density at radius 2 is 1.94 bits per heavy atom. The maximum atomic E-state index is 10.5. The molecule has 1 aliphatic carbocycles. The normalized spacial score (nSPS) is 34.9. The zero-order chi connectivity index (χ0) is 11.4. The molecule has 0 radical (unpaired) electrons. The van der Waals surface area contributed by atoms with Crippen molar-refractivity contribution in [1.29, 1.82) is 0 Å². The van der Waals surface area contributed by atoms with Crippen molar-refractivity contribution in [2.75, 3.05) is 12.3 Å². The highest BCUT2D eigenvalue weighted by molar-refractivity contribution is 8.00. The summed E-state index contributed by atoms with van der Waals surface area (Å²) in [5.41, 5.74) is -0.413. The average molecular weight is 243 g/mol. The van der Waals surface area contributed by atoms with E-state index in [1.54, 1.807) is 0 Å². The van der Waals surface area contributed by atoms with Gasteiger partial charge in [-0.05, 0) is 25.0 Å². The molecule has 1 saturated carbocycles. The molecular weight excluding hydrogens is 218 g/mol. The molecule has 0 amide bonds. The lowest BCUT2D eigenvalue weighted by molar-refractivity contribution is 0.0229. The van der Waals surface area contributed by atoms with E-state index in [1.807, 2.05) is 0 Å². The molecule has 2 N–H and O–H groups in total. The monoisotopic (exact) mass is 243 g/mol. The second-order valence-corrected chi connectivity index (χ2v) is 6.98. The first-order valence-corrected chi connectivity index (χ1v) is 7.82. The highest BCUT2D eigenvalue weighted by Crippen LogP contribution is 2.29. The van der Waals surface area contributed by atoms with Gasteiger partial charge >= 0.3 is 0 Å². The first-order valence-electron chi connectivity index (χ1n) is 6.77. The molecule has 0 aromatic rings. The lowest BCUT2D eigenvalue weighted by Crippen LogP contribution is -2.45. The third-order valence-corrected chi connectivity index (χ3v) is 5.43. The topological polar surface area (TPSA) is 32.3 Å². The van der Waals surface area contributed by atoms with E-state index < -0.39 is 5.60 Å². The van der Waals surface area contributed by atoms with Crippen molar-refractivity contribution in [3.8, 4) is 0 Å². The lowest BCUT2D eigenvalue weighted by atomic mass is 9.94. The summed E-state index contributed by atoms with van der Waals surface area (Å²) in [5.74, 6) is 1.28. The van der Waals surface area contributed by atoms with Gasteiger partial charge in [-0.2, -0.15) is 11.8 Å². The molecule has 0 aromatic carbocycles. The van der Waals surface area contributed by atoms with Crippen molar-refractivity contribution in [3.05, 3.63) is 0 Å². The van der Waals surface area contributed by atoms with E-state index in [1.165, 1.54) is 37.9 Å². The van der Waals surface area contributed by atoms with Crippen LogP contribution in [0, 0.1) is 0 Å². The van der Waals surface area contributed by atoms with Crippen molar-refractivity contribution >= 4 is 11.8 Å². The molecule has 2 atom stereocenters. The number of hydrogen-bond acceptors (Lipinski definition) is 3. The van der Waals surface area contributed by atoms with Crippen LogP contribution in [0.15, 0.2) is 0 Å². The van der Waals surface area contributed by atoms with Crippen molar-refractivity contribution < 1.29 is 5.11 Å². The molecule has 2 rings (SSSR count). The lowest BCUT2D eigenvalue weighted by Gasteiger charge is -2.29. The zero-order valence-electron chi connectivity index (χ0n) is 10.4. The van der Waals surface area contributed by atoms with Crippen molar-refractivity contribution in [2.45, 2.75) is 68.8 Å². The Kier molecular flexibility index (Phi) is 4.57. The summed E-state index contributed by atoms with van der Waals surface area (Å²) in [6.07, 6.45) is 8.26. The van der Waals surface area contributed by atoms with Gasteiger partial charge in [-0.15, -0.1) is 0 Å². The molecule has 1 saturated heterocycles. The second-order valence-electron chi connectivity index (χ2n) is 5.49. The predicted molar refractivity (Wildman–Crippen MR) is 71.0 cm³/mol. The number of aliphatic hydroxyl groups is 1. The summed E-state index contributed by atoms with van der Waals surface area (Å²) >= 11 is 2.05. The van der Waals surface area contributed by atoms with Gasteiger partial charge in [0.2, 0.25) is 0 Å². The summed E-state index contributed by atoms with van der Waals surface area (Å²) in [4.78, 5) is 0. The molecule has 0 aromatic heterocycles. The van der Waals surface area contributed by atoms with E-state index in [9.17, 15) is 5.11 Å². The molecule has 2 unspecified atom stereocenters. The van der Waals surface area contributed by atoms with Crippen LogP contribution < -0.4 is 5.32 Å². The van der Waals surface area contributed by atoms with E-state index in [2.05, 4.69) is 24.0 Å². The molecule has 0 bridgehead atoms. The van der Waals surface area contributed by atoms with Gasteiger partial charge in [0, 0.05) is 17.8 Å². The molecule has 16 heavy (non-hydrogen) atoms. The zero-order valence-corrected chi connectivity index (χ0v) is 11.2. The Hall–Kier alpha value is 0.270. The molecular formula is C13H25NOS. The number of nitrogens with one attached hydrogen (secondary N) is 1. The van der Waals surface area contributed by atoms with Crippen molar-refractivity contribution in [3.63, 3.8) is 0 Å². The van der Waals surface area contributed by atoms with Gasteiger partial charge in [-0.25, -0.2) is 0 Å². The molecule has 2 aliphatic rings. The first-order chi connectivity index (χ1) is 7.70. The highest BCUT2D eigenvalue weighted by Gasteiger charge is 2.30. The van der Waals surface area contributed by atoms with Crippen LogP contribution in [0.2, 0.25) is 0 Å². The van der Waals surface area contributed by atoms with Crippen LogP contribution in [0.3, 0.4) is 0 Å². The van der Waals surface area contributed by atoms with Crippen LogP contribution in [0.5, 0.6) is 0 Å². The summed E-state index contributed by atoms with van der Waals surface area (Å²) in [6, 6.07) is 0.622. The van der Waals surface area contributed by atoms with Gasteiger partial charge in [-0.3, -0.25) is 0 Å². The van der Waals surface area contributed by atoms with E-state index >= 15 is 0 Å². The van der Waals surface area contributed by atoms with Gasteiger partial charge in [0.25, 0.3) is 0 Å². The second kappa shape index (κ2) is 5.74. The fraction of sp³-hybridized carbons (Fsp3) is 1.00. The molecule has 1 heterocycles. The van der Waals surface area contributed by atoms with E-state index in [0.717, 1.165) is 24.6 Å². The summed E-state index contributed by atoms with van der Waals surface area (Å²) < 4.78 is 0. The minimum atomic E-state index is -0.413. The third-order valence-electron chi connectivity index (χ3n) is 4.10. The van der Waals surface area contributed by atoms with E-state index in [-0.39, 0.29) is 0 Å². The SMILES string of the molecule is CC1SCCC1NCC1(O)CCCCCC1. The van der Waals surface area contributed by atoms with Crippen LogP contribution in [-0.2, 0) is 0 Å². The van der Waals surface area contributed by atoms with Crippen molar-refractivity contribution in [2.24, 2.45) is 0 Å². The van der Waals surface area contributed by atoms with Gasteiger partial charge < -0.3 is 10.4 Å². The average Bonchev–Trinajstić information content (AvgIpc) is 2.54. The minimum absolute atomic E-state index is 0.413. The quantitative estimate of drug-likeness (QED) is 0.747. The fourth-order valence-corrected chi connectivity index (χ4v) is 4.11. The number of rotatable bonds is 3. The molecule has 2 fully saturated rings.